The maximum Gasteiger partial charge on any atom is 0.259 e. The fourth-order valence-corrected chi connectivity index (χ4v) is 4.28. The van der Waals surface area contributed by atoms with Crippen molar-refractivity contribution in [3.8, 4) is 29.2 Å². The minimum absolute atomic E-state index is 0.135. The van der Waals surface area contributed by atoms with Crippen LogP contribution in [0.5, 0.6) is 17.4 Å². The fourth-order valence-electron chi connectivity index (χ4n) is 4.28. The summed E-state index contributed by atoms with van der Waals surface area (Å²) in [6.07, 6.45) is 2.83. The molecule has 4 rings (SSSR count). The summed E-state index contributed by atoms with van der Waals surface area (Å²) in [4.78, 5) is 34.4. The average molecular weight is 508 g/mol. The third-order valence-corrected chi connectivity index (χ3v) is 6.55. The highest BCUT2D eigenvalue weighted by molar-refractivity contribution is 5.97. The Morgan fingerprint density at radius 1 is 1.30 bits per heavy atom. The van der Waals surface area contributed by atoms with Crippen LogP contribution in [-0.2, 0) is 0 Å². The van der Waals surface area contributed by atoms with Gasteiger partial charge in [0.2, 0.25) is 12.7 Å². The van der Waals surface area contributed by atoms with Gasteiger partial charge in [0.1, 0.15) is 11.7 Å². The first-order valence-corrected chi connectivity index (χ1v) is 12.5. The van der Waals surface area contributed by atoms with E-state index in [-0.39, 0.29) is 43.6 Å². The minimum atomic E-state index is -0.451. The summed E-state index contributed by atoms with van der Waals surface area (Å²) in [5, 5.41) is 9.84. The Labute approximate surface area is 217 Å². The molecule has 2 aliphatic rings. The van der Waals surface area contributed by atoms with Crippen LogP contribution in [0.1, 0.15) is 59.9 Å². The molecule has 9 heteroatoms. The average Bonchev–Trinajstić information content (AvgIpc) is 3.38. The molecule has 0 bridgehead atoms. The summed E-state index contributed by atoms with van der Waals surface area (Å²) in [5.41, 5.74) is 1.40. The van der Waals surface area contributed by atoms with Crippen LogP contribution in [0, 0.1) is 17.8 Å². The van der Waals surface area contributed by atoms with Gasteiger partial charge >= 0.3 is 0 Å². The molecule has 2 amide bonds. The molecule has 1 aromatic carbocycles. The number of carbonyl (C=O) groups excluding carboxylic acids is 2. The fraction of sp³-hybridized carbons (Fsp3) is 0.464. The first-order valence-electron chi connectivity index (χ1n) is 12.5. The summed E-state index contributed by atoms with van der Waals surface area (Å²) < 4.78 is 17.0. The van der Waals surface area contributed by atoms with Crippen molar-refractivity contribution in [3.63, 3.8) is 0 Å². The number of unbranched alkanes of at least 4 members (excludes halogenated alkanes) is 1. The zero-order chi connectivity index (χ0) is 26.5. The second kappa shape index (κ2) is 11.5. The zero-order valence-corrected chi connectivity index (χ0v) is 21.7. The molecule has 0 fully saturated rings. The molecule has 2 aliphatic heterocycles. The second-order valence-electron chi connectivity index (χ2n) is 9.50. The molecular formula is C28H33N3O6. The maximum atomic E-state index is 13.5. The smallest absolute Gasteiger partial charge is 0.259 e. The van der Waals surface area contributed by atoms with Gasteiger partial charge in [-0.2, -0.15) is 0 Å². The zero-order valence-electron chi connectivity index (χ0n) is 21.7. The van der Waals surface area contributed by atoms with Crippen LogP contribution >= 0.6 is 0 Å². The Bertz CT molecular complexity index is 1220. The normalized spacial score (nSPS) is 19.1. The Hall–Kier alpha value is -3.77. The highest BCUT2D eigenvalue weighted by atomic mass is 16.7. The molecule has 0 saturated carbocycles. The van der Waals surface area contributed by atoms with Crippen LogP contribution in [0.25, 0.3) is 0 Å². The molecule has 3 heterocycles. The maximum absolute atomic E-state index is 13.5. The van der Waals surface area contributed by atoms with Gasteiger partial charge in [0.15, 0.2) is 11.5 Å². The van der Waals surface area contributed by atoms with E-state index in [2.05, 4.69) is 23.7 Å². The van der Waals surface area contributed by atoms with Gasteiger partial charge in [-0.3, -0.25) is 9.59 Å². The van der Waals surface area contributed by atoms with E-state index in [1.165, 1.54) is 0 Å². The Morgan fingerprint density at radius 2 is 2.08 bits per heavy atom. The number of rotatable bonds is 6. The third-order valence-electron chi connectivity index (χ3n) is 6.55. The highest BCUT2D eigenvalue weighted by Gasteiger charge is 2.35. The van der Waals surface area contributed by atoms with E-state index in [4.69, 9.17) is 14.2 Å². The number of aromatic nitrogens is 1. The molecule has 3 atom stereocenters. The van der Waals surface area contributed by atoms with E-state index in [0.29, 0.717) is 34.7 Å². The molecule has 0 unspecified atom stereocenters. The van der Waals surface area contributed by atoms with Crippen molar-refractivity contribution in [1.82, 2.24) is 14.8 Å². The molecule has 0 saturated heterocycles. The molecule has 1 N–H and O–H groups in total. The predicted molar refractivity (Wildman–Crippen MR) is 137 cm³/mol. The molecule has 0 radical (unpaired) electrons. The summed E-state index contributed by atoms with van der Waals surface area (Å²) >= 11 is 0. The van der Waals surface area contributed by atoms with Gasteiger partial charge in [-0.25, -0.2) is 4.98 Å². The lowest BCUT2D eigenvalue weighted by Crippen LogP contribution is -2.50. The predicted octanol–water partition coefficient (Wildman–Crippen LogP) is 2.95. The SMILES string of the molecule is CCCC#Cc1cnc2c(c1)C(=O)N([C@H](C)CO)C[C@H](C)[C@@H](CN(C)C(=O)c1ccc3c(c1)OCO3)O2. The molecule has 9 nitrogen and oxygen atoms in total. The summed E-state index contributed by atoms with van der Waals surface area (Å²) in [5.74, 6) is 6.87. The number of aliphatic hydroxyl groups is 1. The van der Waals surface area contributed by atoms with Gasteiger partial charge in [0, 0.05) is 43.3 Å². The molecule has 0 spiro atoms. The van der Waals surface area contributed by atoms with Gasteiger partial charge in [-0.1, -0.05) is 25.7 Å². The number of fused-ring (bicyclic) bond motifs is 2. The van der Waals surface area contributed by atoms with Crippen LogP contribution in [0.2, 0.25) is 0 Å². The van der Waals surface area contributed by atoms with Crippen LogP contribution < -0.4 is 14.2 Å². The standard InChI is InChI=1S/C28H33N3O6/c1-5-6-7-8-20-11-22-26(29-13-20)37-25(18(2)14-31(28(22)34)19(3)16-32)15-30(4)27(33)21-9-10-23-24(12-21)36-17-35-23/h9-13,18-19,25,32H,5-6,14-17H2,1-4H3/t18-,19+,25+/m0/s1. The molecule has 37 heavy (non-hydrogen) atoms. The number of ether oxygens (including phenoxy) is 3. The molecule has 2 aromatic rings. The molecule has 196 valence electrons. The third kappa shape index (κ3) is 5.81. The lowest BCUT2D eigenvalue weighted by Gasteiger charge is -2.37. The number of likely N-dealkylation sites (N-methyl/N-ethyl adjacent to an activating group) is 1. The molecule has 0 aliphatic carbocycles. The highest BCUT2D eigenvalue weighted by Crippen LogP contribution is 2.33. The lowest BCUT2D eigenvalue weighted by molar-refractivity contribution is 0.0313. The van der Waals surface area contributed by atoms with Crippen molar-refractivity contribution >= 4 is 11.8 Å². The van der Waals surface area contributed by atoms with Gasteiger partial charge < -0.3 is 29.1 Å². The number of pyridine rings is 1. The topological polar surface area (TPSA) is 101 Å². The number of benzene rings is 1. The van der Waals surface area contributed by atoms with Crippen LogP contribution in [-0.4, -0.2) is 77.4 Å². The lowest BCUT2D eigenvalue weighted by atomic mass is 9.99. The van der Waals surface area contributed by atoms with E-state index >= 15 is 0 Å². The number of nitrogens with zero attached hydrogens (tertiary/aromatic N) is 3. The number of amides is 2. The number of carbonyl (C=O) groups is 2. The quantitative estimate of drug-likeness (QED) is 0.600. The van der Waals surface area contributed by atoms with Crippen LogP contribution in [0.4, 0.5) is 0 Å². The minimum Gasteiger partial charge on any atom is -0.472 e. The van der Waals surface area contributed by atoms with Crippen molar-refractivity contribution < 1.29 is 28.9 Å². The van der Waals surface area contributed by atoms with Gasteiger partial charge in [-0.15, -0.1) is 0 Å². The van der Waals surface area contributed by atoms with Crippen molar-refractivity contribution in [1.29, 1.82) is 0 Å². The van der Waals surface area contributed by atoms with E-state index in [0.717, 1.165) is 12.8 Å². The Morgan fingerprint density at radius 3 is 2.84 bits per heavy atom. The van der Waals surface area contributed by atoms with Crippen molar-refractivity contribution in [2.45, 2.75) is 45.8 Å². The van der Waals surface area contributed by atoms with E-state index in [9.17, 15) is 14.7 Å². The first kappa shape index (κ1) is 26.3. The van der Waals surface area contributed by atoms with Crippen molar-refractivity contribution in [3.05, 3.63) is 47.2 Å². The van der Waals surface area contributed by atoms with E-state index in [1.807, 2.05) is 6.92 Å². The Balaban J connectivity index is 1.61. The van der Waals surface area contributed by atoms with Crippen molar-refractivity contribution in [2.75, 3.05) is 33.5 Å². The Kier molecular flexibility index (Phi) is 8.19. The number of hydrogen-bond acceptors (Lipinski definition) is 7. The summed E-state index contributed by atoms with van der Waals surface area (Å²) in [6.45, 7) is 6.39. The number of aliphatic hydroxyl groups excluding tert-OH is 1. The summed E-state index contributed by atoms with van der Waals surface area (Å²) in [6, 6.07) is 6.39. The second-order valence-corrected chi connectivity index (χ2v) is 9.50. The van der Waals surface area contributed by atoms with E-state index in [1.54, 1.807) is 54.2 Å². The van der Waals surface area contributed by atoms with Crippen LogP contribution in [0.15, 0.2) is 30.5 Å². The van der Waals surface area contributed by atoms with E-state index < -0.39 is 12.1 Å². The van der Waals surface area contributed by atoms with Crippen molar-refractivity contribution in [2.24, 2.45) is 5.92 Å². The largest absolute Gasteiger partial charge is 0.472 e. The first-order chi connectivity index (χ1) is 17.8. The number of hydrogen-bond donors (Lipinski definition) is 1. The van der Waals surface area contributed by atoms with Crippen LogP contribution in [0.3, 0.4) is 0 Å². The van der Waals surface area contributed by atoms with Gasteiger partial charge in [0.25, 0.3) is 11.8 Å². The van der Waals surface area contributed by atoms with Gasteiger partial charge in [0.05, 0.1) is 19.2 Å². The molecular weight excluding hydrogens is 474 g/mol. The van der Waals surface area contributed by atoms with Gasteiger partial charge in [-0.05, 0) is 37.6 Å². The summed E-state index contributed by atoms with van der Waals surface area (Å²) in [7, 11) is 1.71. The molecule has 1 aromatic heterocycles. The monoisotopic (exact) mass is 507 g/mol.